The zero-order chi connectivity index (χ0) is 16.3. The highest BCUT2D eigenvalue weighted by Gasteiger charge is 2.08. The third-order valence-electron chi connectivity index (χ3n) is 2.56. The van der Waals surface area contributed by atoms with Crippen LogP contribution in [0.5, 0.6) is 0 Å². The lowest BCUT2D eigenvalue weighted by Gasteiger charge is -2.14. The molecule has 0 spiro atoms. The van der Waals surface area contributed by atoms with E-state index >= 15 is 0 Å². The first-order valence-corrected chi connectivity index (χ1v) is 8.33. The molecule has 2 aromatic rings. The van der Waals surface area contributed by atoms with Crippen molar-refractivity contribution in [2.24, 2.45) is 0 Å². The number of nitrogens with one attached hydrogen (secondary N) is 1. The molecule has 0 amide bonds. The topological polar surface area (TPSA) is 76.2 Å². The molecule has 0 aliphatic carbocycles. The average molecular weight is 311 g/mol. The summed E-state index contributed by atoms with van der Waals surface area (Å²) in [7, 11) is -3.11. The molecule has 116 valence electrons. The SMILES string of the molecule is CC(C)(C)OC=O.Cc1cc2ccc(S(C)(=O)=O)cc2[nH]1. The molecule has 21 heavy (non-hydrogen) atoms. The molecule has 1 N–H and O–H groups in total. The fraction of sp³-hybridized carbons (Fsp3) is 0.400. The van der Waals surface area contributed by atoms with Gasteiger partial charge in [-0.25, -0.2) is 8.42 Å². The first-order chi connectivity index (χ1) is 9.53. The lowest BCUT2D eigenvalue weighted by Crippen LogP contribution is -2.17. The summed E-state index contributed by atoms with van der Waals surface area (Å²) in [5, 5.41) is 1.04. The molecule has 0 aliphatic heterocycles. The molecule has 1 heterocycles. The first-order valence-electron chi connectivity index (χ1n) is 6.44. The van der Waals surface area contributed by atoms with Gasteiger partial charge in [-0.15, -0.1) is 0 Å². The van der Waals surface area contributed by atoms with Gasteiger partial charge in [-0.1, -0.05) is 6.07 Å². The van der Waals surface area contributed by atoms with Crippen LogP contribution in [0.1, 0.15) is 26.5 Å². The fourth-order valence-corrected chi connectivity index (χ4v) is 2.27. The highest BCUT2D eigenvalue weighted by Crippen LogP contribution is 2.19. The number of hydrogen-bond acceptors (Lipinski definition) is 4. The number of H-pyrrole nitrogens is 1. The predicted octanol–water partition coefficient (Wildman–Crippen LogP) is 2.84. The summed E-state index contributed by atoms with van der Waals surface area (Å²) in [5.74, 6) is 0. The Labute approximate surface area is 125 Å². The summed E-state index contributed by atoms with van der Waals surface area (Å²) in [6, 6.07) is 7.10. The molecule has 1 aromatic carbocycles. The minimum Gasteiger partial charge on any atom is -0.462 e. The Morgan fingerprint density at radius 1 is 1.19 bits per heavy atom. The molecule has 0 radical (unpaired) electrons. The van der Waals surface area contributed by atoms with E-state index in [-0.39, 0.29) is 5.60 Å². The number of sulfone groups is 1. The van der Waals surface area contributed by atoms with Crippen LogP contribution in [0, 0.1) is 6.92 Å². The van der Waals surface area contributed by atoms with Crippen molar-refractivity contribution < 1.29 is 17.9 Å². The van der Waals surface area contributed by atoms with Gasteiger partial charge < -0.3 is 9.72 Å². The van der Waals surface area contributed by atoms with Gasteiger partial charge in [0.05, 0.1) is 4.90 Å². The Morgan fingerprint density at radius 2 is 1.81 bits per heavy atom. The molecular formula is C15H21NO4S. The van der Waals surface area contributed by atoms with Crippen molar-refractivity contribution in [1.29, 1.82) is 0 Å². The van der Waals surface area contributed by atoms with Gasteiger partial charge in [-0.2, -0.15) is 0 Å². The zero-order valence-corrected chi connectivity index (χ0v) is 13.7. The van der Waals surface area contributed by atoms with Crippen LogP contribution in [0.25, 0.3) is 10.9 Å². The smallest absolute Gasteiger partial charge is 0.293 e. The summed E-state index contributed by atoms with van der Waals surface area (Å²) in [6.07, 6.45) is 1.21. The third-order valence-corrected chi connectivity index (χ3v) is 3.67. The van der Waals surface area contributed by atoms with E-state index in [1.807, 2.05) is 39.8 Å². The molecule has 5 nitrogen and oxygen atoms in total. The van der Waals surface area contributed by atoms with Crippen LogP contribution in [0.2, 0.25) is 0 Å². The minimum atomic E-state index is -3.11. The van der Waals surface area contributed by atoms with Gasteiger partial charge in [0.15, 0.2) is 9.84 Å². The van der Waals surface area contributed by atoms with Gasteiger partial charge in [0, 0.05) is 17.5 Å². The number of carbonyl (C=O) groups excluding carboxylic acids is 1. The van der Waals surface area contributed by atoms with Crippen molar-refractivity contribution in [2.45, 2.75) is 38.2 Å². The lowest BCUT2D eigenvalue weighted by molar-refractivity contribution is -0.138. The molecule has 1 aromatic heterocycles. The summed E-state index contributed by atoms with van der Waals surface area (Å²) in [5.41, 5.74) is 1.58. The van der Waals surface area contributed by atoms with Crippen molar-refractivity contribution in [2.75, 3.05) is 6.26 Å². The first kappa shape index (κ1) is 17.2. The summed E-state index contributed by atoms with van der Waals surface area (Å²) >= 11 is 0. The normalized spacial score (nSPS) is 11.7. The number of aryl methyl sites for hydroxylation is 1. The largest absolute Gasteiger partial charge is 0.462 e. The van der Waals surface area contributed by atoms with Gasteiger partial charge in [0.2, 0.25) is 0 Å². The Kier molecular flexibility index (Phi) is 5.17. The van der Waals surface area contributed by atoms with Crippen molar-refractivity contribution in [3.8, 4) is 0 Å². The van der Waals surface area contributed by atoms with Crippen LogP contribution in [0.3, 0.4) is 0 Å². The van der Waals surface area contributed by atoms with Crippen LogP contribution < -0.4 is 0 Å². The highest BCUT2D eigenvalue weighted by molar-refractivity contribution is 7.90. The quantitative estimate of drug-likeness (QED) is 0.865. The Balaban J connectivity index is 0.000000270. The van der Waals surface area contributed by atoms with Crippen molar-refractivity contribution in [3.63, 3.8) is 0 Å². The highest BCUT2D eigenvalue weighted by atomic mass is 32.2. The lowest BCUT2D eigenvalue weighted by atomic mass is 10.2. The molecule has 0 saturated heterocycles. The van der Waals surface area contributed by atoms with Crippen molar-refractivity contribution in [3.05, 3.63) is 30.0 Å². The zero-order valence-electron chi connectivity index (χ0n) is 12.9. The molecule has 0 aliphatic rings. The van der Waals surface area contributed by atoms with Gasteiger partial charge in [0.25, 0.3) is 6.47 Å². The van der Waals surface area contributed by atoms with Crippen LogP contribution >= 0.6 is 0 Å². The maximum atomic E-state index is 11.3. The minimum absolute atomic E-state index is 0.318. The summed E-state index contributed by atoms with van der Waals surface area (Å²) in [6.45, 7) is 7.87. The number of aromatic amines is 1. The molecule has 0 bridgehead atoms. The van der Waals surface area contributed by atoms with Crippen LogP contribution in [0.15, 0.2) is 29.2 Å². The summed E-state index contributed by atoms with van der Waals surface area (Å²) in [4.78, 5) is 13.1. The number of carbonyl (C=O) groups is 1. The molecule has 0 fully saturated rings. The van der Waals surface area contributed by atoms with E-state index < -0.39 is 9.84 Å². The number of rotatable bonds is 2. The van der Waals surface area contributed by atoms with E-state index in [1.54, 1.807) is 12.1 Å². The van der Waals surface area contributed by atoms with Gasteiger partial charge in [-0.3, -0.25) is 4.79 Å². The molecular weight excluding hydrogens is 290 g/mol. The van der Waals surface area contributed by atoms with Crippen LogP contribution in [-0.4, -0.2) is 31.7 Å². The monoisotopic (exact) mass is 311 g/mol. The van der Waals surface area contributed by atoms with E-state index in [0.29, 0.717) is 11.4 Å². The molecule has 2 rings (SSSR count). The van der Waals surface area contributed by atoms with E-state index in [4.69, 9.17) is 0 Å². The van der Waals surface area contributed by atoms with E-state index in [9.17, 15) is 13.2 Å². The molecule has 0 saturated carbocycles. The molecule has 0 atom stereocenters. The standard InChI is InChI=1S/C10H11NO2S.C5H10O2/c1-7-5-8-3-4-9(14(2,12)13)6-10(8)11-7;1-5(2,3)7-4-6/h3-6,11H,1-2H3;4H,1-3H3. The second kappa shape index (κ2) is 6.30. The number of ether oxygens (including phenoxy) is 1. The maximum absolute atomic E-state index is 11.3. The number of hydrogen-bond donors (Lipinski definition) is 1. The molecule has 6 heteroatoms. The number of fused-ring (bicyclic) bond motifs is 1. The number of benzene rings is 1. The van der Waals surface area contributed by atoms with E-state index in [2.05, 4.69) is 9.72 Å². The summed E-state index contributed by atoms with van der Waals surface area (Å²) < 4.78 is 27.1. The van der Waals surface area contributed by atoms with Crippen LogP contribution in [-0.2, 0) is 19.4 Å². The Morgan fingerprint density at radius 3 is 2.24 bits per heavy atom. The van der Waals surface area contributed by atoms with E-state index in [0.717, 1.165) is 16.6 Å². The average Bonchev–Trinajstić information content (AvgIpc) is 2.65. The van der Waals surface area contributed by atoms with Crippen molar-refractivity contribution >= 4 is 27.2 Å². The second-order valence-electron chi connectivity index (χ2n) is 5.80. The fourth-order valence-electron chi connectivity index (χ4n) is 1.63. The van der Waals surface area contributed by atoms with Gasteiger partial charge in [-0.05, 0) is 51.3 Å². The van der Waals surface area contributed by atoms with Crippen LogP contribution in [0.4, 0.5) is 0 Å². The Bertz CT molecular complexity index is 724. The Hall–Kier alpha value is -1.82. The van der Waals surface area contributed by atoms with Gasteiger partial charge in [0.1, 0.15) is 5.60 Å². The van der Waals surface area contributed by atoms with Crippen molar-refractivity contribution in [1.82, 2.24) is 4.98 Å². The van der Waals surface area contributed by atoms with Gasteiger partial charge >= 0.3 is 0 Å². The molecule has 0 unspecified atom stereocenters. The third kappa shape index (κ3) is 5.59. The number of aromatic nitrogens is 1. The second-order valence-corrected chi connectivity index (χ2v) is 7.82. The van der Waals surface area contributed by atoms with E-state index in [1.165, 1.54) is 6.26 Å². The maximum Gasteiger partial charge on any atom is 0.293 e. The predicted molar refractivity (Wildman–Crippen MR) is 83.0 cm³/mol.